The molecule has 0 fully saturated rings. The van der Waals surface area contributed by atoms with Crippen LogP contribution in [-0.2, 0) is 20.1 Å². The van der Waals surface area contributed by atoms with E-state index in [1.54, 1.807) is 12.1 Å². The molecule has 0 saturated carbocycles. The summed E-state index contributed by atoms with van der Waals surface area (Å²) in [7, 11) is -6.70. The Morgan fingerprint density at radius 2 is 1.74 bits per heavy atom. The van der Waals surface area contributed by atoms with E-state index in [2.05, 4.69) is 0 Å². The number of hydrogen-bond acceptors (Lipinski definition) is 4. The summed E-state index contributed by atoms with van der Waals surface area (Å²) in [6, 6.07) is 10.2. The topological polar surface area (TPSA) is 66.8 Å². The van der Waals surface area contributed by atoms with Gasteiger partial charge in [-0.25, -0.2) is 17.2 Å². The van der Waals surface area contributed by atoms with Crippen LogP contribution in [0.1, 0.15) is 38.3 Å². The Morgan fingerprint density at radius 3 is 2.29 bits per heavy atom. The number of hydrogen-bond donors (Lipinski definition) is 1. The fourth-order valence-corrected chi connectivity index (χ4v) is 6.25. The van der Waals surface area contributed by atoms with Crippen LogP contribution in [0.15, 0.2) is 47.4 Å². The maximum atomic E-state index is 15.6. The molecule has 1 N–H and O–H groups in total. The van der Waals surface area contributed by atoms with Crippen LogP contribution in [0.3, 0.4) is 0 Å². The van der Waals surface area contributed by atoms with Crippen molar-refractivity contribution in [1.29, 1.82) is 0 Å². The Labute approximate surface area is 206 Å². The number of aliphatic hydroxyl groups is 1. The summed E-state index contributed by atoms with van der Waals surface area (Å²) in [4.78, 5) is -0.0229. The normalized spacial score (nSPS) is 21.2. The number of benzene rings is 2. The number of rotatable bonds is 5. The minimum absolute atomic E-state index is 0.0229. The highest BCUT2D eigenvalue weighted by molar-refractivity contribution is 7.92. The van der Waals surface area contributed by atoms with Gasteiger partial charge in [-0.3, -0.25) is 4.31 Å². The minimum Gasteiger partial charge on any atom is -0.413 e. The third-order valence-corrected chi connectivity index (χ3v) is 13.5. The van der Waals surface area contributed by atoms with Gasteiger partial charge in [-0.1, -0.05) is 50.1 Å². The fourth-order valence-electron chi connectivity index (χ4n) is 3.60. The molecule has 1 atom stereocenters. The summed E-state index contributed by atoms with van der Waals surface area (Å²) in [5.74, 6) is -3.67. The van der Waals surface area contributed by atoms with Crippen LogP contribution in [0.5, 0.6) is 0 Å². The van der Waals surface area contributed by atoms with Gasteiger partial charge in [0.15, 0.2) is 13.9 Å². The molecule has 1 aliphatic rings. The molecule has 1 heterocycles. The molecular weight excluding hydrogens is 500 g/mol. The second-order valence-electron chi connectivity index (χ2n) is 10.4. The van der Waals surface area contributed by atoms with Gasteiger partial charge >= 0.3 is 0 Å². The summed E-state index contributed by atoms with van der Waals surface area (Å²) in [5.41, 5.74) is -2.20. The average Bonchev–Trinajstić information content (AvgIpc) is 2.80. The van der Waals surface area contributed by atoms with Crippen molar-refractivity contribution in [2.24, 2.45) is 0 Å². The van der Waals surface area contributed by atoms with Crippen molar-refractivity contribution in [3.63, 3.8) is 0 Å². The monoisotopic (exact) mass is 531 g/mol. The minimum atomic E-state index is -4.18. The molecule has 0 spiro atoms. The molecule has 5 nitrogen and oxygen atoms in total. The lowest BCUT2D eigenvalue weighted by Gasteiger charge is -2.41. The van der Waals surface area contributed by atoms with Crippen LogP contribution in [0.2, 0.25) is 23.2 Å². The number of fused-ring (bicyclic) bond motifs is 1. The summed E-state index contributed by atoms with van der Waals surface area (Å²) < 4.78 is 65.3. The van der Waals surface area contributed by atoms with E-state index in [4.69, 9.17) is 16.0 Å². The van der Waals surface area contributed by atoms with E-state index < -0.39 is 49.4 Å². The van der Waals surface area contributed by atoms with E-state index in [0.29, 0.717) is 0 Å². The summed E-state index contributed by atoms with van der Waals surface area (Å²) in [6.07, 6.45) is -0.887. The van der Waals surface area contributed by atoms with Crippen LogP contribution >= 0.6 is 11.6 Å². The third kappa shape index (κ3) is 4.77. The molecule has 34 heavy (non-hydrogen) atoms. The Hall–Kier alpha value is -1.52. The van der Waals surface area contributed by atoms with Crippen molar-refractivity contribution in [3.8, 4) is 0 Å². The summed E-state index contributed by atoms with van der Waals surface area (Å²) in [6.45, 7) is 10.3. The second kappa shape index (κ2) is 8.85. The summed E-state index contributed by atoms with van der Waals surface area (Å²) >= 11 is 6.15. The predicted molar refractivity (Wildman–Crippen MR) is 134 cm³/mol. The number of alkyl halides is 2. The van der Waals surface area contributed by atoms with Crippen molar-refractivity contribution in [2.45, 2.75) is 68.7 Å². The number of nitrogens with zero attached hydrogens (tertiary/aromatic N) is 1. The molecule has 0 aromatic heterocycles. The molecule has 0 aliphatic carbocycles. The maximum Gasteiger partial charge on any atom is 0.284 e. The lowest BCUT2D eigenvalue weighted by Crippen LogP contribution is -2.52. The SMILES string of the molecule is Cc1ccc(S(=O)(=O)N2CCC(F)(F)C(O)(CO[Si](C)(C)C(C)(C)C)c3cc(Cl)ccc32)cc1. The van der Waals surface area contributed by atoms with Crippen molar-refractivity contribution < 1.29 is 26.7 Å². The van der Waals surface area contributed by atoms with Gasteiger partial charge in [0.25, 0.3) is 15.9 Å². The standard InChI is InChI=1S/C24H32ClF2NO4SSi/c1-17-7-10-19(11-8-17)33(30,31)28-14-13-24(26,27)23(29,16-32-34(5,6)22(2,3)4)20-15-18(25)9-12-21(20)28/h7-12,15,29H,13-14,16H2,1-6H3. The van der Waals surface area contributed by atoms with Gasteiger partial charge in [0, 0.05) is 23.6 Å². The molecule has 188 valence electrons. The van der Waals surface area contributed by atoms with Gasteiger partial charge in [-0.05, 0) is 55.4 Å². The van der Waals surface area contributed by atoms with E-state index in [0.717, 1.165) is 9.87 Å². The lowest BCUT2D eigenvalue weighted by molar-refractivity contribution is -0.203. The maximum absolute atomic E-state index is 15.6. The molecule has 1 unspecified atom stereocenters. The highest BCUT2D eigenvalue weighted by Crippen LogP contribution is 2.49. The smallest absolute Gasteiger partial charge is 0.284 e. The molecular formula is C24H32ClF2NO4SSi. The predicted octanol–water partition coefficient (Wildman–Crippen LogP) is 6.09. The van der Waals surface area contributed by atoms with E-state index in [1.165, 1.54) is 30.3 Å². The number of aryl methyl sites for hydroxylation is 1. The van der Waals surface area contributed by atoms with Crippen molar-refractivity contribution in [1.82, 2.24) is 0 Å². The van der Waals surface area contributed by atoms with Gasteiger partial charge in [-0.15, -0.1) is 0 Å². The molecule has 0 radical (unpaired) electrons. The highest BCUT2D eigenvalue weighted by atomic mass is 35.5. The fraction of sp³-hybridized carbons (Fsp3) is 0.500. The Bertz CT molecular complexity index is 1170. The number of halogens is 3. The largest absolute Gasteiger partial charge is 0.413 e. The highest BCUT2D eigenvalue weighted by Gasteiger charge is 2.58. The first-order valence-corrected chi connectivity index (χ1v) is 15.8. The van der Waals surface area contributed by atoms with Crippen LogP contribution in [0, 0.1) is 6.92 Å². The molecule has 1 aliphatic heterocycles. The molecule has 2 aromatic rings. The van der Waals surface area contributed by atoms with Crippen LogP contribution < -0.4 is 4.31 Å². The van der Waals surface area contributed by atoms with Gasteiger partial charge in [-0.2, -0.15) is 0 Å². The van der Waals surface area contributed by atoms with Gasteiger partial charge < -0.3 is 9.53 Å². The van der Waals surface area contributed by atoms with Gasteiger partial charge in [0.2, 0.25) is 0 Å². The first kappa shape index (κ1) is 27.1. The number of anilines is 1. The Balaban J connectivity index is 2.16. The summed E-state index contributed by atoms with van der Waals surface area (Å²) in [5, 5.41) is 11.4. The van der Waals surface area contributed by atoms with Crippen molar-refractivity contribution >= 4 is 35.6 Å². The molecule has 0 bridgehead atoms. The number of sulfonamides is 1. The molecule has 10 heteroatoms. The Kier molecular flexibility index (Phi) is 7.05. The lowest BCUT2D eigenvalue weighted by atomic mass is 9.86. The van der Waals surface area contributed by atoms with E-state index >= 15 is 8.78 Å². The Morgan fingerprint density at radius 1 is 1.15 bits per heavy atom. The second-order valence-corrected chi connectivity index (χ2v) is 17.5. The average molecular weight is 532 g/mol. The van der Waals surface area contributed by atoms with Crippen LogP contribution in [0.4, 0.5) is 14.5 Å². The quantitative estimate of drug-likeness (QED) is 0.474. The molecule has 3 rings (SSSR count). The van der Waals surface area contributed by atoms with Gasteiger partial charge in [0.1, 0.15) is 0 Å². The van der Waals surface area contributed by atoms with E-state index in [-0.39, 0.29) is 26.2 Å². The molecule has 0 amide bonds. The zero-order valence-corrected chi connectivity index (χ0v) is 22.9. The van der Waals surface area contributed by atoms with E-state index in [9.17, 15) is 13.5 Å². The van der Waals surface area contributed by atoms with E-state index in [1.807, 2.05) is 40.8 Å². The van der Waals surface area contributed by atoms with Crippen molar-refractivity contribution in [3.05, 3.63) is 58.6 Å². The van der Waals surface area contributed by atoms with Crippen LogP contribution in [0.25, 0.3) is 0 Å². The first-order chi connectivity index (χ1) is 15.4. The first-order valence-electron chi connectivity index (χ1n) is 11.1. The van der Waals surface area contributed by atoms with Crippen LogP contribution in [-0.4, -0.2) is 40.9 Å². The van der Waals surface area contributed by atoms with Gasteiger partial charge in [0.05, 0.1) is 17.2 Å². The third-order valence-electron chi connectivity index (χ3n) is 6.96. The molecule has 2 aromatic carbocycles. The zero-order valence-electron chi connectivity index (χ0n) is 20.3. The van der Waals surface area contributed by atoms with Crippen molar-refractivity contribution in [2.75, 3.05) is 17.5 Å². The zero-order chi connectivity index (χ0) is 25.7. The molecule has 0 saturated heterocycles.